The Balaban J connectivity index is 1.65. The summed E-state index contributed by atoms with van der Waals surface area (Å²) in [6.45, 7) is 7.18. The van der Waals surface area contributed by atoms with Gasteiger partial charge in [0.1, 0.15) is 5.75 Å². The van der Waals surface area contributed by atoms with Gasteiger partial charge in [0.25, 0.3) is 0 Å². The van der Waals surface area contributed by atoms with Gasteiger partial charge in [0.15, 0.2) is 0 Å². The Bertz CT molecular complexity index is 1470. The van der Waals surface area contributed by atoms with E-state index in [2.05, 4.69) is 36.7 Å². The van der Waals surface area contributed by atoms with E-state index in [-0.39, 0.29) is 34.6 Å². The molecule has 3 aromatic rings. The molecule has 210 valence electrons. The van der Waals surface area contributed by atoms with Crippen molar-refractivity contribution in [3.05, 3.63) is 87.4 Å². The number of nitrogens with one attached hydrogen (secondary N) is 3. The summed E-state index contributed by atoms with van der Waals surface area (Å²) in [7, 11) is 1.44. The number of carbonyl (C=O) groups is 2. The number of carbonyl (C=O) groups excluding carboxylic acids is 1. The molecule has 9 heteroatoms. The van der Waals surface area contributed by atoms with Crippen molar-refractivity contribution in [2.75, 3.05) is 24.3 Å². The molecule has 2 aliphatic rings. The zero-order valence-corrected chi connectivity index (χ0v) is 24.4. The molecule has 4 atom stereocenters. The van der Waals surface area contributed by atoms with Gasteiger partial charge in [-0.05, 0) is 65.4 Å². The van der Waals surface area contributed by atoms with Crippen LogP contribution in [0.4, 0.5) is 11.4 Å². The van der Waals surface area contributed by atoms with Gasteiger partial charge in [0.05, 0.1) is 24.4 Å². The second-order valence-corrected chi connectivity index (χ2v) is 12.6. The van der Waals surface area contributed by atoms with Crippen LogP contribution >= 0.6 is 23.2 Å². The van der Waals surface area contributed by atoms with E-state index in [1.807, 2.05) is 42.5 Å². The van der Waals surface area contributed by atoms with E-state index < -0.39 is 17.4 Å². The standard InChI is InChI=1S/C31H33Cl2N3O4/c1-30(2,3)15-25-31(16-34-22-12-10-18(32)14-20(22)31)26(19-7-5-6-8-21(19)33)27(36-25)28(37)35-23-11-9-17(29(38)39)13-24(23)40-4/h5-14,25-27,34,36H,15-16H2,1-4H3,(H,35,37)(H,38,39)/t25-,26-,27+,31-/m0/s1. The highest BCUT2D eigenvalue weighted by Gasteiger charge is 2.61. The lowest BCUT2D eigenvalue weighted by molar-refractivity contribution is -0.118. The maximum absolute atomic E-state index is 14.2. The Morgan fingerprint density at radius 2 is 1.85 bits per heavy atom. The molecule has 1 spiro atoms. The van der Waals surface area contributed by atoms with Crippen LogP contribution in [0.3, 0.4) is 0 Å². The van der Waals surface area contributed by atoms with E-state index >= 15 is 0 Å². The molecule has 5 rings (SSSR count). The summed E-state index contributed by atoms with van der Waals surface area (Å²) in [6.07, 6.45) is 0.794. The van der Waals surface area contributed by atoms with Gasteiger partial charge >= 0.3 is 5.97 Å². The number of halogens is 2. The minimum atomic E-state index is -1.08. The second kappa shape index (κ2) is 10.6. The molecule has 3 aromatic carbocycles. The molecule has 1 amide bonds. The molecular formula is C31H33Cl2N3O4. The first-order valence-corrected chi connectivity index (χ1v) is 14.0. The van der Waals surface area contributed by atoms with Gasteiger partial charge in [-0.1, -0.05) is 62.2 Å². The van der Waals surface area contributed by atoms with E-state index in [1.165, 1.54) is 19.2 Å². The highest BCUT2D eigenvalue weighted by molar-refractivity contribution is 6.31. The number of anilines is 2. The third-order valence-corrected chi connectivity index (χ3v) is 8.57. The average molecular weight is 583 g/mol. The molecule has 0 radical (unpaired) electrons. The van der Waals surface area contributed by atoms with Gasteiger partial charge in [-0.15, -0.1) is 0 Å². The average Bonchev–Trinajstić information content (AvgIpc) is 3.42. The summed E-state index contributed by atoms with van der Waals surface area (Å²) in [5, 5.41) is 20.9. The first-order chi connectivity index (χ1) is 18.9. The summed E-state index contributed by atoms with van der Waals surface area (Å²) < 4.78 is 5.43. The molecule has 1 saturated heterocycles. The number of hydrogen-bond donors (Lipinski definition) is 4. The number of aromatic carboxylic acids is 1. The van der Waals surface area contributed by atoms with E-state index in [9.17, 15) is 14.7 Å². The van der Waals surface area contributed by atoms with E-state index in [4.69, 9.17) is 27.9 Å². The Morgan fingerprint density at radius 3 is 2.52 bits per heavy atom. The SMILES string of the molecule is COc1cc(C(=O)O)ccc1NC(=O)[C@@H]1N[C@@H](CC(C)(C)C)[C@@]2(CNc3ccc(Cl)cc32)[C@H]1c1ccccc1Cl. The molecule has 0 bridgehead atoms. The van der Waals surface area contributed by atoms with Crippen LogP contribution in [-0.2, 0) is 10.2 Å². The first kappa shape index (κ1) is 28.3. The Morgan fingerprint density at radius 1 is 1.10 bits per heavy atom. The number of fused-ring (bicyclic) bond motifs is 2. The van der Waals surface area contributed by atoms with E-state index in [0.29, 0.717) is 22.3 Å². The number of rotatable bonds is 6. The molecule has 0 saturated carbocycles. The normalized spacial score (nSPS) is 23.5. The number of methoxy groups -OCH3 is 1. The van der Waals surface area contributed by atoms with Crippen molar-refractivity contribution in [2.45, 2.75) is 50.6 Å². The minimum absolute atomic E-state index is 0.0434. The summed E-state index contributed by atoms with van der Waals surface area (Å²) in [5.74, 6) is -1.42. The molecule has 1 fully saturated rings. The molecule has 0 aliphatic carbocycles. The lowest BCUT2D eigenvalue weighted by Crippen LogP contribution is -2.46. The van der Waals surface area contributed by atoms with Crippen molar-refractivity contribution < 1.29 is 19.4 Å². The molecule has 40 heavy (non-hydrogen) atoms. The smallest absolute Gasteiger partial charge is 0.335 e. The predicted octanol–water partition coefficient (Wildman–Crippen LogP) is 6.56. The molecule has 0 unspecified atom stereocenters. The summed E-state index contributed by atoms with van der Waals surface area (Å²) in [5.41, 5.74) is 2.81. The van der Waals surface area contributed by atoms with Gasteiger partial charge in [-0.25, -0.2) is 4.79 Å². The molecule has 7 nitrogen and oxygen atoms in total. The van der Waals surface area contributed by atoms with Crippen LogP contribution in [0.5, 0.6) is 5.75 Å². The van der Waals surface area contributed by atoms with E-state index in [1.54, 1.807) is 6.07 Å². The molecule has 2 aliphatic heterocycles. The van der Waals surface area contributed by atoms with Gasteiger partial charge in [0.2, 0.25) is 5.91 Å². The zero-order valence-electron chi connectivity index (χ0n) is 22.8. The zero-order chi connectivity index (χ0) is 28.8. The highest BCUT2D eigenvalue weighted by Crippen LogP contribution is 2.57. The van der Waals surface area contributed by atoms with Crippen LogP contribution < -0.4 is 20.7 Å². The van der Waals surface area contributed by atoms with Gasteiger partial charge < -0.3 is 25.8 Å². The lowest BCUT2D eigenvalue weighted by atomic mass is 9.63. The molecule has 4 N–H and O–H groups in total. The van der Waals surface area contributed by atoms with Crippen molar-refractivity contribution in [1.82, 2.24) is 5.32 Å². The van der Waals surface area contributed by atoms with Gasteiger partial charge in [-0.2, -0.15) is 0 Å². The fraction of sp³-hybridized carbons (Fsp3) is 0.355. The fourth-order valence-corrected chi connectivity index (χ4v) is 6.78. The predicted molar refractivity (Wildman–Crippen MR) is 159 cm³/mol. The Kier molecular flexibility index (Phi) is 7.50. The largest absolute Gasteiger partial charge is 0.495 e. The monoisotopic (exact) mass is 581 g/mol. The van der Waals surface area contributed by atoms with Crippen LogP contribution in [0.2, 0.25) is 10.0 Å². The van der Waals surface area contributed by atoms with E-state index in [0.717, 1.165) is 23.2 Å². The maximum atomic E-state index is 14.2. The molecule has 2 heterocycles. The number of benzene rings is 3. The molecular weight excluding hydrogens is 549 g/mol. The molecule has 0 aromatic heterocycles. The van der Waals surface area contributed by atoms with Gasteiger partial charge in [-0.3, -0.25) is 4.79 Å². The lowest BCUT2D eigenvalue weighted by Gasteiger charge is -2.39. The highest BCUT2D eigenvalue weighted by atomic mass is 35.5. The number of carboxylic acids is 1. The van der Waals surface area contributed by atoms with Crippen molar-refractivity contribution in [1.29, 1.82) is 0 Å². The topological polar surface area (TPSA) is 99.7 Å². The number of hydrogen-bond acceptors (Lipinski definition) is 5. The Hall–Kier alpha value is -3.26. The third-order valence-electron chi connectivity index (χ3n) is 7.99. The van der Waals surface area contributed by atoms with Crippen molar-refractivity contribution in [2.24, 2.45) is 5.41 Å². The van der Waals surface area contributed by atoms with Crippen LogP contribution in [0, 0.1) is 5.41 Å². The van der Waals surface area contributed by atoms with Crippen LogP contribution in [0.25, 0.3) is 0 Å². The quantitative estimate of drug-likeness (QED) is 0.263. The van der Waals surface area contributed by atoms with Crippen LogP contribution in [0.1, 0.15) is 54.6 Å². The van der Waals surface area contributed by atoms with Gasteiger partial charge in [0, 0.05) is 39.7 Å². The maximum Gasteiger partial charge on any atom is 0.335 e. The summed E-state index contributed by atoms with van der Waals surface area (Å²) in [4.78, 5) is 25.7. The first-order valence-electron chi connectivity index (χ1n) is 13.2. The van der Waals surface area contributed by atoms with Crippen molar-refractivity contribution >= 4 is 46.5 Å². The second-order valence-electron chi connectivity index (χ2n) is 11.8. The van der Waals surface area contributed by atoms with Crippen LogP contribution in [-0.4, -0.2) is 42.7 Å². The van der Waals surface area contributed by atoms with Crippen LogP contribution in [0.15, 0.2) is 60.7 Å². The number of carboxylic acid groups (broad SMARTS) is 1. The van der Waals surface area contributed by atoms with Crippen molar-refractivity contribution in [3.63, 3.8) is 0 Å². The minimum Gasteiger partial charge on any atom is -0.495 e. The summed E-state index contributed by atoms with van der Waals surface area (Å²) >= 11 is 13.4. The van der Waals surface area contributed by atoms with Crippen molar-refractivity contribution in [3.8, 4) is 5.75 Å². The number of amides is 1. The summed E-state index contributed by atoms with van der Waals surface area (Å²) in [6, 6.07) is 17.2. The Labute approximate surface area is 244 Å². The number of ether oxygens (including phenoxy) is 1. The fourth-order valence-electron chi connectivity index (χ4n) is 6.36. The third kappa shape index (κ3) is 5.02.